The third-order valence-electron chi connectivity index (χ3n) is 4.84. The van der Waals surface area contributed by atoms with Crippen LogP contribution in [0.15, 0.2) is 34.2 Å². The Balaban J connectivity index is 1.87. The van der Waals surface area contributed by atoms with Gasteiger partial charge in [-0.2, -0.15) is 4.68 Å². The van der Waals surface area contributed by atoms with Gasteiger partial charge in [0.2, 0.25) is 0 Å². The van der Waals surface area contributed by atoms with E-state index in [1.807, 2.05) is 12.1 Å². The van der Waals surface area contributed by atoms with Gasteiger partial charge in [0.05, 0.1) is 25.4 Å². The van der Waals surface area contributed by atoms with E-state index in [1.165, 1.54) is 21.3 Å². The molecule has 2 aromatic heterocycles. The molecular formula is C19H28N7OS+. The molecule has 2 heterocycles. The molecule has 0 radical (unpaired) electrons. The fraction of sp³-hybridized carbons (Fsp3) is 0.526. The Hall–Kier alpha value is -2.26. The molecule has 0 amide bonds. The van der Waals surface area contributed by atoms with Crippen LogP contribution in [0.2, 0.25) is 0 Å². The molecule has 0 unspecified atom stereocenters. The SMILES string of the molecule is CCCCn1c(SCn2nnc3ccccc3c2=O)nnc1[C@H](CC)[NH+](C)C. The summed E-state index contributed by atoms with van der Waals surface area (Å²) in [6.45, 7) is 5.23. The minimum Gasteiger partial charge on any atom is -0.331 e. The summed E-state index contributed by atoms with van der Waals surface area (Å²) >= 11 is 1.47. The Morgan fingerprint density at radius 3 is 2.64 bits per heavy atom. The first-order chi connectivity index (χ1) is 13.6. The normalized spacial score (nSPS) is 12.8. The first-order valence-electron chi connectivity index (χ1n) is 9.75. The maximum atomic E-state index is 12.7. The average Bonchev–Trinajstić information content (AvgIpc) is 3.08. The number of aromatic nitrogens is 6. The fourth-order valence-electron chi connectivity index (χ4n) is 3.27. The first-order valence-corrected chi connectivity index (χ1v) is 10.7. The van der Waals surface area contributed by atoms with Crippen molar-refractivity contribution in [2.75, 3.05) is 14.1 Å². The van der Waals surface area contributed by atoms with Gasteiger partial charge in [0.1, 0.15) is 11.6 Å². The molecule has 150 valence electrons. The third kappa shape index (κ3) is 4.25. The minimum absolute atomic E-state index is 0.137. The molecular weight excluding hydrogens is 374 g/mol. The second-order valence-corrected chi connectivity index (χ2v) is 7.98. The van der Waals surface area contributed by atoms with E-state index in [2.05, 4.69) is 53.0 Å². The molecule has 0 saturated heterocycles. The quantitative estimate of drug-likeness (QED) is 0.547. The monoisotopic (exact) mass is 402 g/mol. The van der Waals surface area contributed by atoms with Crippen molar-refractivity contribution in [1.29, 1.82) is 0 Å². The smallest absolute Gasteiger partial charge is 0.278 e. The van der Waals surface area contributed by atoms with Crippen LogP contribution in [0, 0.1) is 0 Å². The number of hydrogen-bond donors (Lipinski definition) is 1. The molecule has 0 aliphatic heterocycles. The van der Waals surface area contributed by atoms with Crippen LogP contribution in [0.25, 0.3) is 10.9 Å². The van der Waals surface area contributed by atoms with Crippen LogP contribution in [-0.4, -0.2) is 43.9 Å². The zero-order valence-corrected chi connectivity index (χ0v) is 17.7. The molecule has 1 atom stereocenters. The Bertz CT molecular complexity index is 982. The van der Waals surface area contributed by atoms with E-state index in [1.54, 1.807) is 12.1 Å². The van der Waals surface area contributed by atoms with Crippen molar-refractivity contribution >= 4 is 22.7 Å². The Kier molecular flexibility index (Phi) is 6.79. The van der Waals surface area contributed by atoms with Gasteiger partial charge in [0.25, 0.3) is 5.56 Å². The van der Waals surface area contributed by atoms with Crippen LogP contribution in [0.3, 0.4) is 0 Å². The van der Waals surface area contributed by atoms with E-state index in [0.717, 1.165) is 36.8 Å². The van der Waals surface area contributed by atoms with E-state index in [9.17, 15) is 4.79 Å². The summed E-state index contributed by atoms with van der Waals surface area (Å²) in [6, 6.07) is 7.56. The van der Waals surface area contributed by atoms with Gasteiger partial charge in [-0.3, -0.25) is 4.79 Å². The molecule has 0 aliphatic rings. The van der Waals surface area contributed by atoms with Crippen LogP contribution >= 0.6 is 11.8 Å². The molecule has 1 N–H and O–H groups in total. The van der Waals surface area contributed by atoms with Crippen LogP contribution in [0.1, 0.15) is 45.0 Å². The standard InChI is InChI=1S/C19H27N7OS/c1-5-7-12-25-17(16(6-2)24(3)4)21-22-19(25)28-13-26-18(27)14-10-8-9-11-15(14)20-23-26/h8-11,16H,5-7,12-13H2,1-4H3/p+1/t16-/m0/s1. The number of nitrogens with zero attached hydrogens (tertiary/aromatic N) is 6. The summed E-state index contributed by atoms with van der Waals surface area (Å²) in [4.78, 5) is 14.0. The molecule has 9 heteroatoms. The highest BCUT2D eigenvalue weighted by atomic mass is 32.2. The van der Waals surface area contributed by atoms with Gasteiger partial charge in [0, 0.05) is 13.0 Å². The number of hydrogen-bond acceptors (Lipinski definition) is 6. The van der Waals surface area contributed by atoms with E-state index < -0.39 is 0 Å². The highest BCUT2D eigenvalue weighted by Crippen LogP contribution is 2.22. The van der Waals surface area contributed by atoms with Crippen molar-refractivity contribution in [3.05, 3.63) is 40.4 Å². The number of unbranched alkanes of at least 4 members (excludes halogenated alkanes) is 1. The van der Waals surface area contributed by atoms with Crippen LogP contribution in [0.5, 0.6) is 0 Å². The van der Waals surface area contributed by atoms with Gasteiger partial charge in [-0.05, 0) is 18.6 Å². The Labute approximate surface area is 168 Å². The zero-order valence-electron chi connectivity index (χ0n) is 16.9. The van der Waals surface area contributed by atoms with Gasteiger partial charge < -0.3 is 9.47 Å². The molecule has 0 aliphatic carbocycles. The van der Waals surface area contributed by atoms with Crippen LogP contribution in [-0.2, 0) is 12.4 Å². The fourth-order valence-corrected chi connectivity index (χ4v) is 4.11. The highest BCUT2D eigenvalue weighted by molar-refractivity contribution is 7.98. The predicted octanol–water partition coefficient (Wildman–Crippen LogP) is 1.53. The molecule has 0 fully saturated rings. The summed E-state index contributed by atoms with van der Waals surface area (Å²) < 4.78 is 3.59. The third-order valence-corrected chi connectivity index (χ3v) is 5.78. The van der Waals surface area contributed by atoms with Crippen molar-refractivity contribution in [3.8, 4) is 0 Å². The number of fused-ring (bicyclic) bond motifs is 1. The van der Waals surface area contributed by atoms with Crippen molar-refractivity contribution in [1.82, 2.24) is 29.8 Å². The number of thioether (sulfide) groups is 1. The minimum atomic E-state index is -0.137. The summed E-state index contributed by atoms with van der Waals surface area (Å²) in [5.41, 5.74) is 0.476. The number of quaternary nitrogens is 1. The van der Waals surface area contributed by atoms with Gasteiger partial charge >= 0.3 is 0 Å². The summed E-state index contributed by atoms with van der Waals surface area (Å²) in [5.74, 6) is 1.36. The van der Waals surface area contributed by atoms with E-state index >= 15 is 0 Å². The molecule has 1 aromatic carbocycles. The van der Waals surface area contributed by atoms with E-state index in [0.29, 0.717) is 22.8 Å². The zero-order chi connectivity index (χ0) is 20.1. The molecule has 0 bridgehead atoms. The largest absolute Gasteiger partial charge is 0.331 e. The van der Waals surface area contributed by atoms with Crippen molar-refractivity contribution in [3.63, 3.8) is 0 Å². The van der Waals surface area contributed by atoms with Crippen LogP contribution in [0.4, 0.5) is 0 Å². The van der Waals surface area contributed by atoms with Gasteiger partial charge in [0.15, 0.2) is 11.0 Å². The van der Waals surface area contributed by atoms with Crippen molar-refractivity contribution in [2.24, 2.45) is 0 Å². The van der Waals surface area contributed by atoms with E-state index in [-0.39, 0.29) is 5.56 Å². The molecule has 3 aromatic rings. The van der Waals surface area contributed by atoms with Gasteiger partial charge in [-0.25, -0.2) is 0 Å². The topological polar surface area (TPSA) is 82.9 Å². The van der Waals surface area contributed by atoms with Crippen molar-refractivity contribution in [2.45, 2.75) is 56.7 Å². The predicted molar refractivity (Wildman–Crippen MR) is 110 cm³/mol. The lowest BCUT2D eigenvalue weighted by Crippen LogP contribution is -3.06. The van der Waals surface area contributed by atoms with Gasteiger partial charge in [-0.1, -0.05) is 49.4 Å². The number of benzene rings is 1. The molecule has 0 spiro atoms. The van der Waals surface area contributed by atoms with E-state index in [4.69, 9.17) is 0 Å². The average molecular weight is 403 g/mol. The molecule has 3 rings (SSSR count). The summed E-state index contributed by atoms with van der Waals surface area (Å²) in [5, 5.41) is 18.5. The molecule has 8 nitrogen and oxygen atoms in total. The Morgan fingerprint density at radius 1 is 1.14 bits per heavy atom. The number of rotatable bonds is 9. The lowest BCUT2D eigenvalue weighted by Gasteiger charge is -2.20. The lowest BCUT2D eigenvalue weighted by atomic mass is 10.2. The maximum absolute atomic E-state index is 12.7. The second-order valence-electron chi connectivity index (χ2n) is 7.07. The molecule has 0 saturated carbocycles. The highest BCUT2D eigenvalue weighted by Gasteiger charge is 2.24. The van der Waals surface area contributed by atoms with Crippen molar-refractivity contribution < 1.29 is 4.90 Å². The summed E-state index contributed by atoms with van der Waals surface area (Å²) in [6.07, 6.45) is 3.16. The Morgan fingerprint density at radius 2 is 1.93 bits per heavy atom. The lowest BCUT2D eigenvalue weighted by molar-refractivity contribution is -0.893. The molecule has 28 heavy (non-hydrogen) atoms. The maximum Gasteiger partial charge on any atom is 0.278 e. The first kappa shape index (κ1) is 20.5. The summed E-state index contributed by atoms with van der Waals surface area (Å²) in [7, 11) is 4.29. The van der Waals surface area contributed by atoms with Crippen LogP contribution < -0.4 is 10.5 Å². The number of nitrogens with one attached hydrogen (secondary N) is 1. The van der Waals surface area contributed by atoms with Gasteiger partial charge in [-0.15, -0.1) is 15.3 Å². The second kappa shape index (κ2) is 9.29.